The number of carbonyl (C=O) groups is 4. The summed E-state index contributed by atoms with van der Waals surface area (Å²) in [6.07, 6.45) is -1.47. The van der Waals surface area contributed by atoms with Crippen LogP contribution in [0.25, 0.3) is 0 Å². The molecule has 10 heteroatoms. The molecule has 0 heterocycles. The van der Waals surface area contributed by atoms with Gasteiger partial charge in [-0.05, 0) is 6.42 Å². The van der Waals surface area contributed by atoms with Crippen LogP contribution in [0.2, 0.25) is 0 Å². The Morgan fingerprint density at radius 3 is 1.63 bits per heavy atom. The Morgan fingerprint density at radius 2 is 1.26 bits per heavy atom. The lowest BCUT2D eigenvalue weighted by atomic mass is 10.1. The van der Waals surface area contributed by atoms with Crippen LogP contribution in [-0.2, 0) is 19.2 Å². The van der Waals surface area contributed by atoms with Crippen molar-refractivity contribution in [3.05, 3.63) is 0 Å². The number of nitrogens with one attached hydrogen (secondary N) is 2. The molecule has 0 spiro atoms. The molecule has 0 fully saturated rings. The molecule has 0 aliphatic carbocycles. The summed E-state index contributed by atoms with van der Waals surface area (Å²) in [5.74, 6) is -5.43. The van der Waals surface area contributed by atoms with Gasteiger partial charge in [-0.25, -0.2) is 10.9 Å². The van der Waals surface area contributed by atoms with Gasteiger partial charge in [0, 0.05) is 6.42 Å². The maximum atomic E-state index is 10.8. The molecule has 0 unspecified atom stereocenters. The molecule has 0 rings (SSSR count). The molecule has 108 valence electrons. The van der Waals surface area contributed by atoms with Gasteiger partial charge in [0.05, 0.1) is 6.42 Å². The maximum absolute atomic E-state index is 10.8. The van der Waals surface area contributed by atoms with Crippen molar-refractivity contribution in [3.63, 3.8) is 0 Å². The number of carboxylic acid groups (broad SMARTS) is 4. The highest BCUT2D eigenvalue weighted by atomic mass is 16.4. The van der Waals surface area contributed by atoms with Crippen molar-refractivity contribution in [2.75, 3.05) is 0 Å². The molecule has 0 bridgehead atoms. The minimum Gasteiger partial charge on any atom is -0.481 e. The highest BCUT2D eigenvalue weighted by molar-refractivity contribution is 5.80. The third-order valence-corrected chi connectivity index (χ3v) is 2.05. The summed E-state index contributed by atoms with van der Waals surface area (Å²) in [7, 11) is 0. The lowest BCUT2D eigenvalue weighted by Gasteiger charge is -2.18. The van der Waals surface area contributed by atoms with E-state index in [-0.39, 0.29) is 6.42 Å². The molecule has 0 aromatic carbocycles. The van der Waals surface area contributed by atoms with E-state index in [0.717, 1.165) is 0 Å². The predicted molar refractivity (Wildman–Crippen MR) is 58.2 cm³/mol. The molecule has 0 saturated heterocycles. The van der Waals surface area contributed by atoms with E-state index in [0.29, 0.717) is 0 Å². The van der Waals surface area contributed by atoms with Crippen LogP contribution in [0.1, 0.15) is 19.3 Å². The molecule has 0 saturated carbocycles. The molecule has 2 atom stereocenters. The number of aliphatic carboxylic acids is 4. The second kappa shape index (κ2) is 8.00. The van der Waals surface area contributed by atoms with Gasteiger partial charge in [0.25, 0.3) is 0 Å². The largest absolute Gasteiger partial charge is 0.481 e. The van der Waals surface area contributed by atoms with Crippen molar-refractivity contribution in [1.29, 1.82) is 0 Å². The molecule has 0 aromatic rings. The van der Waals surface area contributed by atoms with Gasteiger partial charge >= 0.3 is 23.9 Å². The Bertz CT molecular complexity index is 369. The quantitative estimate of drug-likeness (QED) is 0.253. The van der Waals surface area contributed by atoms with Crippen LogP contribution in [0.15, 0.2) is 0 Å². The van der Waals surface area contributed by atoms with Gasteiger partial charge in [0.15, 0.2) is 0 Å². The van der Waals surface area contributed by atoms with Crippen molar-refractivity contribution in [1.82, 2.24) is 10.9 Å². The zero-order valence-electron chi connectivity index (χ0n) is 9.70. The van der Waals surface area contributed by atoms with Crippen molar-refractivity contribution >= 4 is 23.9 Å². The van der Waals surface area contributed by atoms with Gasteiger partial charge < -0.3 is 20.4 Å². The van der Waals surface area contributed by atoms with E-state index in [1.807, 2.05) is 0 Å². The fraction of sp³-hybridized carbons (Fsp3) is 0.556. The SMILES string of the molecule is O=C(O)CC[C@H](NN[C@@H](CC(=O)O)C(=O)O)C(=O)O. The molecule has 0 aliphatic rings. The summed E-state index contributed by atoms with van der Waals surface area (Å²) in [5.41, 5.74) is 4.16. The Hall–Kier alpha value is -2.20. The third-order valence-electron chi connectivity index (χ3n) is 2.05. The lowest BCUT2D eigenvalue weighted by molar-refractivity contribution is -0.147. The van der Waals surface area contributed by atoms with Crippen molar-refractivity contribution in [2.24, 2.45) is 0 Å². The fourth-order valence-electron chi connectivity index (χ4n) is 1.10. The van der Waals surface area contributed by atoms with E-state index in [1.54, 1.807) is 0 Å². The van der Waals surface area contributed by atoms with E-state index in [9.17, 15) is 19.2 Å². The molecule has 19 heavy (non-hydrogen) atoms. The summed E-state index contributed by atoms with van der Waals surface area (Å²) in [6, 6.07) is -2.86. The zero-order valence-corrected chi connectivity index (χ0v) is 9.70. The first-order valence-electron chi connectivity index (χ1n) is 5.14. The molecule has 0 aromatic heterocycles. The topological polar surface area (TPSA) is 173 Å². The van der Waals surface area contributed by atoms with Crippen LogP contribution in [0.5, 0.6) is 0 Å². The normalized spacial score (nSPS) is 13.5. The van der Waals surface area contributed by atoms with Crippen molar-refractivity contribution < 1.29 is 39.6 Å². The van der Waals surface area contributed by atoms with E-state index in [4.69, 9.17) is 20.4 Å². The number of hydrogen-bond donors (Lipinski definition) is 6. The van der Waals surface area contributed by atoms with Gasteiger partial charge in [-0.3, -0.25) is 19.2 Å². The fourth-order valence-corrected chi connectivity index (χ4v) is 1.10. The smallest absolute Gasteiger partial charge is 0.322 e. The molecule has 0 amide bonds. The second-order valence-corrected chi connectivity index (χ2v) is 3.60. The average Bonchev–Trinajstić information content (AvgIpc) is 2.25. The highest BCUT2D eigenvalue weighted by Gasteiger charge is 2.24. The lowest BCUT2D eigenvalue weighted by Crippen LogP contribution is -2.53. The van der Waals surface area contributed by atoms with Crippen LogP contribution < -0.4 is 10.9 Å². The molecular weight excluding hydrogens is 264 g/mol. The predicted octanol–water partition coefficient (Wildman–Crippen LogP) is -1.67. The Balaban J connectivity index is 4.41. The first kappa shape index (κ1) is 16.8. The number of hydrogen-bond acceptors (Lipinski definition) is 6. The van der Waals surface area contributed by atoms with Gasteiger partial charge in [-0.2, -0.15) is 0 Å². The molecule has 0 radical (unpaired) electrons. The van der Waals surface area contributed by atoms with Crippen LogP contribution in [0.4, 0.5) is 0 Å². The second-order valence-electron chi connectivity index (χ2n) is 3.60. The standard InChI is InChI=1S/C9H14N2O8/c12-6(13)2-1-4(8(16)17)10-11-5(9(18)19)3-7(14)15/h4-5,10-11H,1-3H2,(H,12,13)(H,14,15)(H,16,17)(H,18,19)/t4-,5-/m0/s1. The van der Waals surface area contributed by atoms with Crippen LogP contribution >= 0.6 is 0 Å². The molecule has 6 N–H and O–H groups in total. The Labute approximate surface area is 107 Å². The van der Waals surface area contributed by atoms with E-state index in [1.165, 1.54) is 0 Å². The van der Waals surface area contributed by atoms with Gasteiger partial charge in [0.2, 0.25) is 0 Å². The summed E-state index contributed by atoms with van der Waals surface area (Å²) in [6.45, 7) is 0. The minimum atomic E-state index is -1.52. The minimum absolute atomic E-state index is 0.281. The van der Waals surface area contributed by atoms with Crippen LogP contribution in [0, 0.1) is 0 Å². The number of rotatable bonds is 10. The zero-order chi connectivity index (χ0) is 15.0. The van der Waals surface area contributed by atoms with Crippen molar-refractivity contribution in [3.8, 4) is 0 Å². The Kier molecular flexibility index (Phi) is 7.07. The summed E-state index contributed by atoms with van der Waals surface area (Å²) < 4.78 is 0. The Morgan fingerprint density at radius 1 is 0.789 bits per heavy atom. The number of carboxylic acids is 4. The third kappa shape index (κ3) is 7.68. The van der Waals surface area contributed by atoms with Gasteiger partial charge in [0.1, 0.15) is 12.1 Å². The van der Waals surface area contributed by atoms with E-state index < -0.39 is 48.8 Å². The molecular formula is C9H14N2O8. The summed E-state index contributed by atoms with van der Waals surface area (Å²) >= 11 is 0. The summed E-state index contributed by atoms with van der Waals surface area (Å²) in [5, 5.41) is 34.3. The van der Waals surface area contributed by atoms with Gasteiger partial charge in [-0.1, -0.05) is 0 Å². The highest BCUT2D eigenvalue weighted by Crippen LogP contribution is 1.98. The maximum Gasteiger partial charge on any atom is 0.322 e. The summed E-state index contributed by atoms with van der Waals surface area (Å²) in [4.78, 5) is 42.1. The van der Waals surface area contributed by atoms with Crippen LogP contribution in [-0.4, -0.2) is 56.4 Å². The molecule has 10 nitrogen and oxygen atoms in total. The van der Waals surface area contributed by atoms with Crippen LogP contribution in [0.3, 0.4) is 0 Å². The molecule has 0 aliphatic heterocycles. The van der Waals surface area contributed by atoms with Gasteiger partial charge in [-0.15, -0.1) is 0 Å². The van der Waals surface area contributed by atoms with E-state index >= 15 is 0 Å². The average molecular weight is 278 g/mol. The van der Waals surface area contributed by atoms with Crippen molar-refractivity contribution in [2.45, 2.75) is 31.3 Å². The first-order valence-corrected chi connectivity index (χ1v) is 5.14. The monoisotopic (exact) mass is 278 g/mol. The first-order chi connectivity index (χ1) is 8.73. The van der Waals surface area contributed by atoms with E-state index in [2.05, 4.69) is 10.9 Å². The number of hydrazine groups is 1.